The van der Waals surface area contributed by atoms with Crippen LogP contribution >= 0.6 is 11.6 Å². The van der Waals surface area contributed by atoms with Crippen molar-refractivity contribution in [2.45, 2.75) is 33.2 Å². The molecule has 1 atom stereocenters. The Morgan fingerprint density at radius 3 is 2.38 bits per heavy atom. The Hall–Kier alpha value is -2.65. The molecule has 0 unspecified atom stereocenters. The number of benzene rings is 2. The van der Waals surface area contributed by atoms with Crippen LogP contribution in [-0.4, -0.2) is 31.5 Å². The van der Waals surface area contributed by atoms with E-state index >= 15 is 0 Å². The summed E-state index contributed by atoms with van der Waals surface area (Å²) in [6.07, 6.45) is 1.13. The maximum atomic E-state index is 13.0. The van der Waals surface area contributed by atoms with Gasteiger partial charge in [0.05, 0.1) is 16.9 Å². The average Bonchev–Trinajstić information content (AvgIpc) is 2.61. The quantitative estimate of drug-likeness (QED) is 0.517. The van der Waals surface area contributed by atoms with Gasteiger partial charge in [0.25, 0.3) is 5.69 Å². The number of nitrogens with one attached hydrogen (secondary N) is 1. The van der Waals surface area contributed by atoms with Crippen molar-refractivity contribution in [3.8, 4) is 0 Å². The topological polar surface area (TPSA) is 110 Å². The van der Waals surface area contributed by atoms with E-state index in [1.807, 2.05) is 0 Å². The molecule has 10 heteroatoms. The van der Waals surface area contributed by atoms with Gasteiger partial charge in [-0.25, -0.2) is 8.42 Å². The third-order valence-corrected chi connectivity index (χ3v) is 5.82. The van der Waals surface area contributed by atoms with E-state index in [0.717, 1.165) is 16.1 Å². The first-order valence-corrected chi connectivity index (χ1v) is 11.0. The molecular formula is C19H22ClN3O5S. The molecule has 0 aliphatic carbocycles. The van der Waals surface area contributed by atoms with Crippen LogP contribution in [0, 0.1) is 24.0 Å². The molecule has 0 fully saturated rings. The minimum atomic E-state index is -3.92. The van der Waals surface area contributed by atoms with Gasteiger partial charge in [-0.15, -0.1) is 0 Å². The highest BCUT2D eigenvalue weighted by Crippen LogP contribution is 2.31. The number of hydrogen-bond acceptors (Lipinski definition) is 5. The molecule has 0 heterocycles. The van der Waals surface area contributed by atoms with Gasteiger partial charge >= 0.3 is 0 Å². The second-order valence-electron chi connectivity index (χ2n) is 6.66. The molecular weight excluding hydrogens is 418 g/mol. The van der Waals surface area contributed by atoms with Crippen LogP contribution in [0.15, 0.2) is 36.4 Å². The number of rotatable bonds is 7. The summed E-state index contributed by atoms with van der Waals surface area (Å²) in [6.45, 7) is 5.07. The lowest BCUT2D eigenvalue weighted by Crippen LogP contribution is -2.47. The number of carbonyl (C=O) groups is 1. The highest BCUT2D eigenvalue weighted by atomic mass is 35.5. The Bertz CT molecular complexity index is 1060. The lowest BCUT2D eigenvalue weighted by molar-refractivity contribution is -0.384. The summed E-state index contributed by atoms with van der Waals surface area (Å²) in [6, 6.07) is 7.74. The minimum Gasteiger partial charge on any atom is -0.324 e. The van der Waals surface area contributed by atoms with Crippen molar-refractivity contribution in [2.24, 2.45) is 0 Å². The van der Waals surface area contributed by atoms with Gasteiger partial charge in [0.2, 0.25) is 15.9 Å². The van der Waals surface area contributed by atoms with Crippen LogP contribution in [0.25, 0.3) is 0 Å². The van der Waals surface area contributed by atoms with Gasteiger partial charge in [0.1, 0.15) is 6.04 Å². The molecule has 0 aliphatic rings. The molecule has 29 heavy (non-hydrogen) atoms. The zero-order valence-corrected chi connectivity index (χ0v) is 18.0. The predicted molar refractivity (Wildman–Crippen MR) is 114 cm³/mol. The number of anilines is 2. The standard InChI is InChI=1S/C19H22ClN3O5S/c1-5-17(19(24)21-16-9-7-14(20)10-13(16)3)22(29(4,27)28)18-11-15(23(25)26)8-6-12(18)2/h6-11,17H,5H2,1-4H3,(H,21,24)/t17-/m1/s1. The molecule has 0 aromatic heterocycles. The van der Waals surface area contributed by atoms with Crippen molar-refractivity contribution < 1.29 is 18.1 Å². The summed E-state index contributed by atoms with van der Waals surface area (Å²) >= 11 is 5.94. The van der Waals surface area contributed by atoms with Gasteiger partial charge in [-0.2, -0.15) is 0 Å². The number of non-ortho nitro benzene ring substituents is 1. The van der Waals surface area contributed by atoms with Gasteiger partial charge in [0.15, 0.2) is 0 Å². The monoisotopic (exact) mass is 439 g/mol. The van der Waals surface area contributed by atoms with Crippen LogP contribution in [-0.2, 0) is 14.8 Å². The van der Waals surface area contributed by atoms with E-state index in [2.05, 4.69) is 5.32 Å². The van der Waals surface area contributed by atoms with Crippen LogP contribution in [0.4, 0.5) is 17.1 Å². The van der Waals surface area contributed by atoms with Crippen LogP contribution in [0.2, 0.25) is 5.02 Å². The van der Waals surface area contributed by atoms with E-state index in [1.54, 1.807) is 39.0 Å². The van der Waals surface area contributed by atoms with E-state index in [-0.39, 0.29) is 17.8 Å². The number of halogens is 1. The van der Waals surface area contributed by atoms with Crippen molar-refractivity contribution in [2.75, 3.05) is 15.9 Å². The number of hydrogen-bond donors (Lipinski definition) is 1. The number of carbonyl (C=O) groups excluding carboxylic acids is 1. The predicted octanol–water partition coefficient (Wildman–Crippen LogP) is 4.05. The Morgan fingerprint density at radius 2 is 1.86 bits per heavy atom. The second kappa shape index (κ2) is 8.79. The normalized spacial score (nSPS) is 12.3. The summed E-state index contributed by atoms with van der Waals surface area (Å²) in [5, 5.41) is 14.4. The van der Waals surface area contributed by atoms with Crippen LogP contribution in [0.5, 0.6) is 0 Å². The first kappa shape index (κ1) is 22.6. The largest absolute Gasteiger partial charge is 0.324 e. The molecule has 0 aliphatic heterocycles. The maximum absolute atomic E-state index is 13.0. The fourth-order valence-corrected chi connectivity index (χ4v) is 4.46. The van der Waals surface area contributed by atoms with E-state index in [9.17, 15) is 23.3 Å². The van der Waals surface area contributed by atoms with Gasteiger partial charge in [-0.3, -0.25) is 19.2 Å². The van der Waals surface area contributed by atoms with E-state index in [1.165, 1.54) is 18.2 Å². The molecule has 2 rings (SSSR count). The van der Waals surface area contributed by atoms with Crippen LogP contribution in [0.1, 0.15) is 24.5 Å². The maximum Gasteiger partial charge on any atom is 0.271 e. The molecule has 0 saturated heterocycles. The third kappa shape index (κ3) is 5.24. The first-order chi connectivity index (χ1) is 13.5. The molecule has 1 N–H and O–H groups in total. The van der Waals surface area contributed by atoms with Crippen molar-refractivity contribution in [3.63, 3.8) is 0 Å². The Kier molecular flexibility index (Phi) is 6.86. The summed E-state index contributed by atoms with van der Waals surface area (Å²) in [7, 11) is -3.92. The fourth-order valence-electron chi connectivity index (χ4n) is 2.97. The fraction of sp³-hybridized carbons (Fsp3) is 0.316. The smallest absolute Gasteiger partial charge is 0.271 e. The zero-order valence-electron chi connectivity index (χ0n) is 16.5. The van der Waals surface area contributed by atoms with Gasteiger partial charge in [-0.1, -0.05) is 24.6 Å². The molecule has 0 saturated carbocycles. The highest BCUT2D eigenvalue weighted by Gasteiger charge is 2.33. The summed E-state index contributed by atoms with van der Waals surface area (Å²) in [5.41, 5.74) is 1.55. The molecule has 2 aromatic rings. The average molecular weight is 440 g/mol. The molecule has 1 amide bonds. The van der Waals surface area contributed by atoms with Crippen LogP contribution in [0.3, 0.4) is 0 Å². The number of sulfonamides is 1. The second-order valence-corrected chi connectivity index (χ2v) is 8.96. The van der Waals surface area contributed by atoms with Crippen molar-refractivity contribution in [3.05, 3.63) is 62.7 Å². The van der Waals surface area contributed by atoms with Crippen LogP contribution < -0.4 is 9.62 Å². The lowest BCUT2D eigenvalue weighted by Gasteiger charge is -2.31. The molecule has 0 spiro atoms. The van der Waals surface area contributed by atoms with Gasteiger partial charge < -0.3 is 5.32 Å². The molecule has 156 valence electrons. The first-order valence-electron chi connectivity index (χ1n) is 8.77. The van der Waals surface area contributed by atoms with Crippen molar-refractivity contribution >= 4 is 44.6 Å². The van der Waals surface area contributed by atoms with Crippen molar-refractivity contribution in [1.82, 2.24) is 0 Å². The van der Waals surface area contributed by atoms with E-state index in [0.29, 0.717) is 16.3 Å². The molecule has 2 aromatic carbocycles. The van der Waals surface area contributed by atoms with E-state index < -0.39 is 26.9 Å². The number of aryl methyl sites for hydroxylation is 2. The van der Waals surface area contributed by atoms with Gasteiger partial charge in [-0.05, 0) is 49.6 Å². The number of nitrogens with zero attached hydrogens (tertiary/aromatic N) is 2. The number of amides is 1. The van der Waals surface area contributed by atoms with Crippen molar-refractivity contribution in [1.29, 1.82) is 0 Å². The number of nitro groups is 1. The summed E-state index contributed by atoms with van der Waals surface area (Å²) in [4.78, 5) is 23.5. The summed E-state index contributed by atoms with van der Waals surface area (Å²) < 4.78 is 26.1. The molecule has 0 bridgehead atoms. The molecule has 8 nitrogen and oxygen atoms in total. The number of nitro benzene ring substituents is 1. The third-order valence-electron chi connectivity index (χ3n) is 4.42. The minimum absolute atomic E-state index is 0.0940. The Labute approximate surface area is 174 Å². The van der Waals surface area contributed by atoms with Gasteiger partial charge in [0, 0.05) is 22.8 Å². The molecule has 0 radical (unpaired) electrons. The Morgan fingerprint density at radius 1 is 1.21 bits per heavy atom. The SMILES string of the molecule is CC[C@H](C(=O)Nc1ccc(Cl)cc1C)N(c1cc([N+](=O)[O-])ccc1C)S(C)(=O)=O. The van der Waals surface area contributed by atoms with E-state index in [4.69, 9.17) is 11.6 Å². The zero-order chi connectivity index (χ0) is 21.9. The summed E-state index contributed by atoms with van der Waals surface area (Å²) in [5.74, 6) is -0.547. The highest BCUT2D eigenvalue weighted by molar-refractivity contribution is 7.92. The Balaban J connectivity index is 2.51. The lowest BCUT2D eigenvalue weighted by atomic mass is 10.1.